The van der Waals surface area contributed by atoms with Gasteiger partial charge in [-0.25, -0.2) is 0 Å². The molecule has 3 nitrogen and oxygen atoms in total. The Balaban J connectivity index is 2.19. The smallest absolute Gasteiger partial charge is 0.0712 e. The van der Waals surface area contributed by atoms with Crippen LogP contribution in [0.5, 0.6) is 0 Å². The number of hydrogen-bond donors (Lipinski definition) is 1. The summed E-state index contributed by atoms with van der Waals surface area (Å²) in [6.07, 6.45) is 3.49. The van der Waals surface area contributed by atoms with Gasteiger partial charge >= 0.3 is 0 Å². The van der Waals surface area contributed by atoms with Crippen LogP contribution >= 0.6 is 11.6 Å². The number of hydrogen-bond acceptors (Lipinski definition) is 2. The number of aromatic nitrogens is 2. The van der Waals surface area contributed by atoms with Crippen LogP contribution in [-0.2, 0) is 13.2 Å². The van der Waals surface area contributed by atoms with E-state index in [0.29, 0.717) is 6.54 Å². The van der Waals surface area contributed by atoms with Crippen molar-refractivity contribution in [3.8, 4) is 0 Å². The van der Waals surface area contributed by atoms with Crippen molar-refractivity contribution in [3.05, 3.63) is 52.3 Å². The van der Waals surface area contributed by atoms with Gasteiger partial charge in [-0.15, -0.1) is 0 Å². The lowest BCUT2D eigenvalue weighted by Gasteiger charge is -2.04. The van der Waals surface area contributed by atoms with E-state index in [-0.39, 0.29) is 6.61 Å². The summed E-state index contributed by atoms with van der Waals surface area (Å²) in [5, 5.41) is 13.8. The molecule has 1 aromatic heterocycles. The number of nitrogens with zero attached hydrogens (tertiary/aromatic N) is 2. The highest BCUT2D eigenvalue weighted by molar-refractivity contribution is 6.30. The fourth-order valence-corrected chi connectivity index (χ4v) is 1.98. The summed E-state index contributed by atoms with van der Waals surface area (Å²) >= 11 is 5.98. The van der Waals surface area contributed by atoms with E-state index < -0.39 is 0 Å². The van der Waals surface area contributed by atoms with Crippen molar-refractivity contribution in [3.63, 3.8) is 0 Å². The van der Waals surface area contributed by atoms with E-state index in [9.17, 15) is 0 Å². The minimum absolute atomic E-state index is 0.0224. The van der Waals surface area contributed by atoms with Crippen LogP contribution in [0.2, 0.25) is 5.02 Å². The van der Waals surface area contributed by atoms with E-state index in [1.807, 2.05) is 25.3 Å². The lowest BCUT2D eigenvalue weighted by Crippen LogP contribution is -2.00. The first kappa shape index (κ1) is 11.2. The van der Waals surface area contributed by atoms with E-state index in [1.54, 1.807) is 10.9 Å². The van der Waals surface area contributed by atoms with Gasteiger partial charge in [0.15, 0.2) is 0 Å². The Kier molecular flexibility index (Phi) is 3.27. The molecule has 0 saturated carbocycles. The van der Waals surface area contributed by atoms with Gasteiger partial charge in [0.1, 0.15) is 0 Å². The third-order valence-corrected chi connectivity index (χ3v) is 2.53. The van der Waals surface area contributed by atoms with E-state index in [2.05, 4.69) is 11.2 Å². The molecular formula is C12H13ClN2O. The van der Waals surface area contributed by atoms with Crippen LogP contribution in [0, 0.1) is 6.92 Å². The Morgan fingerprint density at radius 2 is 2.12 bits per heavy atom. The van der Waals surface area contributed by atoms with E-state index in [0.717, 1.165) is 21.7 Å². The Bertz CT molecular complexity index is 473. The van der Waals surface area contributed by atoms with E-state index in [4.69, 9.17) is 16.7 Å². The van der Waals surface area contributed by atoms with E-state index >= 15 is 0 Å². The molecule has 0 saturated heterocycles. The van der Waals surface area contributed by atoms with Gasteiger partial charge in [0.25, 0.3) is 0 Å². The summed E-state index contributed by atoms with van der Waals surface area (Å²) in [6.45, 7) is 2.70. The highest BCUT2D eigenvalue weighted by Crippen LogP contribution is 2.15. The van der Waals surface area contributed by atoms with Crippen molar-refractivity contribution in [2.45, 2.75) is 20.1 Å². The molecule has 1 aromatic carbocycles. The van der Waals surface area contributed by atoms with Crippen LogP contribution < -0.4 is 0 Å². The van der Waals surface area contributed by atoms with Crippen LogP contribution in [0.1, 0.15) is 16.7 Å². The minimum atomic E-state index is 0.0224. The molecule has 0 spiro atoms. The summed E-state index contributed by atoms with van der Waals surface area (Å²) in [6, 6.07) is 5.92. The normalized spacial score (nSPS) is 10.7. The fourth-order valence-electron chi connectivity index (χ4n) is 1.66. The number of benzene rings is 1. The predicted molar refractivity (Wildman–Crippen MR) is 63.4 cm³/mol. The zero-order valence-electron chi connectivity index (χ0n) is 9.02. The van der Waals surface area contributed by atoms with Crippen molar-refractivity contribution in [2.24, 2.45) is 0 Å². The molecule has 4 heteroatoms. The minimum Gasteiger partial charge on any atom is -0.392 e. The molecule has 0 amide bonds. The van der Waals surface area contributed by atoms with Crippen LogP contribution in [0.3, 0.4) is 0 Å². The Hall–Kier alpha value is -1.32. The van der Waals surface area contributed by atoms with Crippen LogP contribution in [0.15, 0.2) is 30.6 Å². The third-order valence-electron chi connectivity index (χ3n) is 2.32. The SMILES string of the molecule is Cc1cc(Cl)cc(Cn2cc(CO)cn2)c1. The maximum absolute atomic E-state index is 8.93. The molecule has 84 valence electrons. The fraction of sp³-hybridized carbons (Fsp3) is 0.250. The highest BCUT2D eigenvalue weighted by atomic mass is 35.5. The molecule has 0 atom stereocenters. The van der Waals surface area contributed by atoms with Gasteiger partial charge in [-0.05, 0) is 30.2 Å². The quantitative estimate of drug-likeness (QED) is 0.889. The van der Waals surface area contributed by atoms with E-state index in [1.165, 1.54) is 0 Å². The lowest BCUT2D eigenvalue weighted by molar-refractivity contribution is 0.281. The van der Waals surface area contributed by atoms with Crippen LogP contribution in [-0.4, -0.2) is 14.9 Å². The highest BCUT2D eigenvalue weighted by Gasteiger charge is 2.00. The summed E-state index contributed by atoms with van der Waals surface area (Å²) in [7, 11) is 0. The van der Waals surface area contributed by atoms with Crippen LogP contribution in [0.25, 0.3) is 0 Å². The van der Waals surface area contributed by atoms with Gasteiger partial charge in [0, 0.05) is 16.8 Å². The zero-order valence-corrected chi connectivity index (χ0v) is 9.78. The first-order valence-corrected chi connectivity index (χ1v) is 5.43. The summed E-state index contributed by atoms with van der Waals surface area (Å²) in [5.74, 6) is 0. The largest absolute Gasteiger partial charge is 0.392 e. The standard InChI is InChI=1S/C12H13ClN2O/c1-9-2-10(4-12(13)3-9)6-15-7-11(8-16)5-14-15/h2-5,7,16H,6,8H2,1H3. The second kappa shape index (κ2) is 4.68. The van der Waals surface area contributed by atoms with Gasteiger partial charge in [-0.2, -0.15) is 5.10 Å². The molecule has 0 aliphatic rings. The van der Waals surface area contributed by atoms with Gasteiger partial charge in [-0.1, -0.05) is 17.7 Å². The molecule has 0 aliphatic heterocycles. The number of rotatable bonds is 3. The van der Waals surface area contributed by atoms with Crippen molar-refractivity contribution in [1.82, 2.24) is 9.78 Å². The zero-order chi connectivity index (χ0) is 11.5. The average molecular weight is 237 g/mol. The second-order valence-electron chi connectivity index (χ2n) is 3.84. The summed E-state index contributed by atoms with van der Waals surface area (Å²) < 4.78 is 1.79. The average Bonchev–Trinajstić information content (AvgIpc) is 2.64. The Labute approximate surface area is 99.3 Å². The molecule has 0 aliphatic carbocycles. The lowest BCUT2D eigenvalue weighted by atomic mass is 10.1. The summed E-state index contributed by atoms with van der Waals surface area (Å²) in [5.41, 5.74) is 3.06. The first-order valence-electron chi connectivity index (χ1n) is 5.05. The Morgan fingerprint density at radius 1 is 1.31 bits per heavy atom. The van der Waals surface area contributed by atoms with Crippen molar-refractivity contribution in [2.75, 3.05) is 0 Å². The second-order valence-corrected chi connectivity index (χ2v) is 4.28. The molecule has 2 aromatic rings. The molecule has 2 rings (SSSR count). The van der Waals surface area contributed by atoms with Gasteiger partial charge in [0.05, 0.1) is 19.3 Å². The van der Waals surface area contributed by atoms with Crippen molar-refractivity contribution < 1.29 is 5.11 Å². The van der Waals surface area contributed by atoms with Crippen LogP contribution in [0.4, 0.5) is 0 Å². The monoisotopic (exact) mass is 236 g/mol. The molecule has 0 bridgehead atoms. The maximum Gasteiger partial charge on any atom is 0.0712 e. The van der Waals surface area contributed by atoms with Crippen molar-refractivity contribution >= 4 is 11.6 Å². The summed E-state index contributed by atoms with van der Waals surface area (Å²) in [4.78, 5) is 0. The molecule has 16 heavy (non-hydrogen) atoms. The first-order chi connectivity index (χ1) is 7.67. The molecule has 1 heterocycles. The molecule has 0 radical (unpaired) electrons. The van der Waals surface area contributed by atoms with Gasteiger partial charge < -0.3 is 5.11 Å². The number of halogens is 1. The maximum atomic E-state index is 8.93. The predicted octanol–water partition coefficient (Wildman–Crippen LogP) is 2.39. The van der Waals surface area contributed by atoms with Gasteiger partial charge in [0.2, 0.25) is 0 Å². The van der Waals surface area contributed by atoms with Gasteiger partial charge in [-0.3, -0.25) is 4.68 Å². The number of aryl methyl sites for hydroxylation is 1. The molecule has 0 unspecified atom stereocenters. The number of aliphatic hydroxyl groups excluding tert-OH is 1. The Morgan fingerprint density at radius 3 is 2.75 bits per heavy atom. The molecule has 1 N–H and O–H groups in total. The van der Waals surface area contributed by atoms with Crippen molar-refractivity contribution in [1.29, 1.82) is 0 Å². The number of aliphatic hydroxyl groups is 1. The topological polar surface area (TPSA) is 38.0 Å². The molecular weight excluding hydrogens is 224 g/mol. The third kappa shape index (κ3) is 2.62. The molecule has 0 fully saturated rings.